The molecule has 0 aromatic carbocycles. The third kappa shape index (κ3) is 2.69. The van der Waals surface area contributed by atoms with Gasteiger partial charge in [-0.15, -0.1) is 0 Å². The Morgan fingerprint density at radius 1 is 1.50 bits per heavy atom. The second-order valence-electron chi connectivity index (χ2n) is 4.66. The maximum atomic E-state index is 12.2. The van der Waals surface area contributed by atoms with Gasteiger partial charge < -0.3 is 4.90 Å². The van der Waals surface area contributed by atoms with Gasteiger partial charge in [-0.25, -0.2) is 8.42 Å². The number of hydrogen-bond acceptors (Lipinski definition) is 4. The molecular weight excluding hydrogens is 252 g/mol. The number of aryl methyl sites for hydroxylation is 1. The normalized spacial score (nSPS) is 21.8. The third-order valence-corrected chi connectivity index (χ3v) is 4.97. The highest BCUT2D eigenvalue weighted by molar-refractivity contribution is 7.91. The van der Waals surface area contributed by atoms with Crippen LogP contribution in [0.25, 0.3) is 0 Å². The van der Waals surface area contributed by atoms with E-state index < -0.39 is 9.84 Å². The minimum Gasteiger partial charge on any atom is -0.338 e. The molecule has 98 valence electrons. The van der Waals surface area contributed by atoms with Crippen molar-refractivity contribution in [3.8, 4) is 0 Å². The summed E-state index contributed by atoms with van der Waals surface area (Å²) in [7, 11) is -1.31. The molecule has 2 heterocycles. The van der Waals surface area contributed by atoms with Crippen molar-refractivity contribution in [2.45, 2.75) is 19.4 Å². The molecule has 1 aromatic heterocycles. The molecule has 0 saturated carbocycles. The number of amides is 1. The van der Waals surface area contributed by atoms with E-state index in [-0.39, 0.29) is 23.5 Å². The van der Waals surface area contributed by atoms with Gasteiger partial charge in [-0.1, -0.05) is 0 Å². The van der Waals surface area contributed by atoms with E-state index in [0.29, 0.717) is 12.0 Å². The van der Waals surface area contributed by atoms with Gasteiger partial charge in [-0.2, -0.15) is 0 Å². The summed E-state index contributed by atoms with van der Waals surface area (Å²) in [6.45, 7) is 1.82. The molecule has 1 amide bonds. The standard InChI is InChI=1S/C12H16N2O3S/c1-9-7-10(3-5-13-9)12(15)14(2)11-4-6-18(16,17)8-11/h3,5,7,11H,4,6,8H2,1-2H3. The van der Waals surface area contributed by atoms with Crippen LogP contribution in [0.2, 0.25) is 0 Å². The highest BCUT2D eigenvalue weighted by Crippen LogP contribution is 2.18. The van der Waals surface area contributed by atoms with Crippen molar-refractivity contribution in [3.63, 3.8) is 0 Å². The molecule has 0 spiro atoms. The zero-order chi connectivity index (χ0) is 13.3. The first-order valence-corrected chi connectivity index (χ1v) is 7.61. The Morgan fingerprint density at radius 3 is 2.78 bits per heavy atom. The average Bonchev–Trinajstić information content (AvgIpc) is 2.68. The predicted molar refractivity (Wildman–Crippen MR) is 68.1 cm³/mol. The quantitative estimate of drug-likeness (QED) is 0.790. The minimum absolute atomic E-state index is 0.0688. The fourth-order valence-corrected chi connectivity index (χ4v) is 3.90. The first-order valence-electron chi connectivity index (χ1n) is 5.79. The Balaban J connectivity index is 2.15. The Labute approximate surface area is 107 Å². The van der Waals surface area contributed by atoms with E-state index in [9.17, 15) is 13.2 Å². The van der Waals surface area contributed by atoms with Gasteiger partial charge in [-0.3, -0.25) is 9.78 Å². The van der Waals surface area contributed by atoms with Crippen LogP contribution in [-0.2, 0) is 9.84 Å². The van der Waals surface area contributed by atoms with E-state index in [2.05, 4.69) is 4.98 Å². The molecule has 1 atom stereocenters. The Morgan fingerprint density at radius 2 is 2.22 bits per heavy atom. The topological polar surface area (TPSA) is 67.3 Å². The number of sulfone groups is 1. The fourth-order valence-electron chi connectivity index (χ4n) is 2.13. The molecule has 5 nitrogen and oxygen atoms in total. The lowest BCUT2D eigenvalue weighted by Crippen LogP contribution is -2.37. The lowest BCUT2D eigenvalue weighted by Gasteiger charge is -2.23. The summed E-state index contributed by atoms with van der Waals surface area (Å²) in [4.78, 5) is 17.8. The first kappa shape index (κ1) is 13.0. The van der Waals surface area contributed by atoms with Crippen molar-refractivity contribution < 1.29 is 13.2 Å². The molecule has 1 unspecified atom stereocenters. The summed E-state index contributed by atoms with van der Waals surface area (Å²) in [5.74, 6) is 0.0897. The van der Waals surface area contributed by atoms with Crippen molar-refractivity contribution in [3.05, 3.63) is 29.6 Å². The van der Waals surface area contributed by atoms with Crippen molar-refractivity contribution >= 4 is 15.7 Å². The minimum atomic E-state index is -2.97. The van der Waals surface area contributed by atoms with Gasteiger partial charge in [0.05, 0.1) is 11.5 Å². The van der Waals surface area contributed by atoms with E-state index >= 15 is 0 Å². The molecule has 0 N–H and O–H groups in total. The summed E-state index contributed by atoms with van der Waals surface area (Å²) in [6.07, 6.45) is 2.11. The SMILES string of the molecule is Cc1cc(C(=O)N(C)C2CCS(=O)(=O)C2)ccn1. The van der Waals surface area contributed by atoms with E-state index in [1.165, 1.54) is 4.90 Å². The summed E-state index contributed by atoms with van der Waals surface area (Å²) in [6, 6.07) is 3.15. The highest BCUT2D eigenvalue weighted by atomic mass is 32.2. The monoisotopic (exact) mass is 268 g/mol. The molecule has 1 aromatic rings. The average molecular weight is 268 g/mol. The van der Waals surface area contributed by atoms with E-state index in [1.54, 1.807) is 25.4 Å². The van der Waals surface area contributed by atoms with Gasteiger partial charge in [0, 0.05) is 30.5 Å². The number of nitrogens with zero attached hydrogens (tertiary/aromatic N) is 2. The number of hydrogen-bond donors (Lipinski definition) is 0. The van der Waals surface area contributed by atoms with Crippen molar-refractivity contribution in [2.24, 2.45) is 0 Å². The molecule has 1 aliphatic rings. The number of aromatic nitrogens is 1. The summed E-state index contributed by atoms with van der Waals surface area (Å²) in [5.41, 5.74) is 1.32. The molecule has 1 aliphatic heterocycles. The lowest BCUT2D eigenvalue weighted by atomic mass is 10.1. The molecule has 0 bridgehead atoms. The van der Waals surface area contributed by atoms with Crippen molar-refractivity contribution in [1.29, 1.82) is 0 Å². The van der Waals surface area contributed by atoms with E-state index in [4.69, 9.17) is 0 Å². The van der Waals surface area contributed by atoms with Gasteiger partial charge in [0.1, 0.15) is 0 Å². The number of carbonyl (C=O) groups excluding carboxylic acids is 1. The van der Waals surface area contributed by atoms with E-state index in [0.717, 1.165) is 5.69 Å². The van der Waals surface area contributed by atoms with Crippen molar-refractivity contribution in [1.82, 2.24) is 9.88 Å². The van der Waals surface area contributed by atoms with Crippen LogP contribution in [0.4, 0.5) is 0 Å². The van der Waals surface area contributed by atoms with Gasteiger partial charge in [0.25, 0.3) is 5.91 Å². The molecule has 6 heteroatoms. The van der Waals surface area contributed by atoms with Crippen LogP contribution in [0.15, 0.2) is 18.3 Å². The fraction of sp³-hybridized carbons (Fsp3) is 0.500. The first-order chi connectivity index (χ1) is 8.39. The van der Waals surface area contributed by atoms with Gasteiger partial charge in [0.15, 0.2) is 9.84 Å². The van der Waals surface area contributed by atoms with Gasteiger partial charge in [0.2, 0.25) is 0 Å². The van der Waals surface area contributed by atoms with Crippen LogP contribution >= 0.6 is 0 Å². The molecule has 2 rings (SSSR count). The number of rotatable bonds is 2. The highest BCUT2D eigenvalue weighted by Gasteiger charge is 2.32. The van der Waals surface area contributed by atoms with Crippen LogP contribution in [0.5, 0.6) is 0 Å². The molecular formula is C12H16N2O3S. The Bertz CT molecular complexity index is 568. The summed E-state index contributed by atoms with van der Waals surface area (Å²) < 4.78 is 22.8. The molecule has 0 radical (unpaired) electrons. The maximum Gasteiger partial charge on any atom is 0.253 e. The van der Waals surface area contributed by atoms with Gasteiger partial charge >= 0.3 is 0 Å². The van der Waals surface area contributed by atoms with Crippen LogP contribution in [0.3, 0.4) is 0 Å². The second kappa shape index (κ2) is 4.68. The van der Waals surface area contributed by atoms with Crippen LogP contribution in [0, 0.1) is 6.92 Å². The summed E-state index contributed by atoms with van der Waals surface area (Å²) in [5, 5.41) is 0. The van der Waals surface area contributed by atoms with Crippen LogP contribution in [0.1, 0.15) is 22.5 Å². The smallest absolute Gasteiger partial charge is 0.253 e. The molecule has 1 saturated heterocycles. The Kier molecular flexibility index (Phi) is 3.38. The van der Waals surface area contributed by atoms with Crippen LogP contribution < -0.4 is 0 Å². The van der Waals surface area contributed by atoms with Crippen molar-refractivity contribution in [2.75, 3.05) is 18.6 Å². The Hall–Kier alpha value is -1.43. The van der Waals surface area contributed by atoms with Crippen LogP contribution in [-0.4, -0.2) is 48.8 Å². The van der Waals surface area contributed by atoms with Gasteiger partial charge in [-0.05, 0) is 25.5 Å². The maximum absolute atomic E-state index is 12.2. The lowest BCUT2D eigenvalue weighted by molar-refractivity contribution is 0.0747. The largest absolute Gasteiger partial charge is 0.338 e. The third-order valence-electron chi connectivity index (χ3n) is 3.22. The molecule has 18 heavy (non-hydrogen) atoms. The zero-order valence-electron chi connectivity index (χ0n) is 10.5. The summed E-state index contributed by atoms with van der Waals surface area (Å²) >= 11 is 0. The van der Waals surface area contributed by atoms with E-state index in [1.807, 2.05) is 6.92 Å². The number of pyridine rings is 1. The number of carbonyl (C=O) groups is 1. The zero-order valence-corrected chi connectivity index (χ0v) is 11.3. The molecule has 1 fully saturated rings. The second-order valence-corrected chi connectivity index (χ2v) is 6.89. The predicted octanol–water partition coefficient (Wildman–Crippen LogP) is 0.649. The molecule has 0 aliphatic carbocycles.